The normalized spacial score (nSPS) is 14.7. The molecule has 0 aliphatic carbocycles. The van der Waals surface area contributed by atoms with Gasteiger partial charge < -0.3 is 13.9 Å². The van der Waals surface area contributed by atoms with Crippen molar-refractivity contribution in [1.82, 2.24) is 5.32 Å². The molecular weight excluding hydrogens is 458 g/mol. The van der Waals surface area contributed by atoms with Crippen molar-refractivity contribution < 1.29 is 33.2 Å². The van der Waals surface area contributed by atoms with Crippen molar-refractivity contribution >= 4 is 35.3 Å². The Morgan fingerprint density at radius 3 is 2.49 bits per heavy atom. The van der Waals surface area contributed by atoms with Gasteiger partial charge in [-0.2, -0.15) is 0 Å². The summed E-state index contributed by atoms with van der Waals surface area (Å²) >= 11 is 0. The monoisotopic (exact) mass is 477 g/mol. The van der Waals surface area contributed by atoms with Gasteiger partial charge in [0.2, 0.25) is 0 Å². The number of urea groups is 1. The Kier molecular flexibility index (Phi) is 6.32. The summed E-state index contributed by atoms with van der Waals surface area (Å²) in [5.41, 5.74) is 0.233. The molecule has 0 spiro atoms. The van der Waals surface area contributed by atoms with Crippen LogP contribution in [0, 0.1) is 10.1 Å². The van der Waals surface area contributed by atoms with Crippen LogP contribution >= 0.6 is 0 Å². The average molecular weight is 477 g/mol. The van der Waals surface area contributed by atoms with Crippen LogP contribution in [-0.4, -0.2) is 36.5 Å². The zero-order valence-corrected chi connectivity index (χ0v) is 18.6. The van der Waals surface area contributed by atoms with Gasteiger partial charge in [-0.05, 0) is 55.5 Å². The predicted octanol–water partition coefficient (Wildman–Crippen LogP) is 3.93. The second-order valence-corrected chi connectivity index (χ2v) is 7.23. The highest BCUT2D eigenvalue weighted by Crippen LogP contribution is 2.35. The summed E-state index contributed by atoms with van der Waals surface area (Å²) in [6.45, 7) is 2.29. The molecular formula is C24H19N3O8. The Balaban J connectivity index is 1.64. The molecule has 35 heavy (non-hydrogen) atoms. The fraction of sp³-hybridized carbons (Fsp3) is 0.125. The zero-order valence-electron chi connectivity index (χ0n) is 18.6. The summed E-state index contributed by atoms with van der Waals surface area (Å²) in [5, 5.41) is 13.2. The van der Waals surface area contributed by atoms with E-state index in [1.807, 2.05) is 6.92 Å². The van der Waals surface area contributed by atoms with Gasteiger partial charge in [-0.25, -0.2) is 9.69 Å². The van der Waals surface area contributed by atoms with Crippen molar-refractivity contribution in [1.29, 1.82) is 0 Å². The molecule has 4 rings (SSSR count). The van der Waals surface area contributed by atoms with Gasteiger partial charge in [0.15, 0.2) is 0 Å². The summed E-state index contributed by atoms with van der Waals surface area (Å²) in [4.78, 5) is 49.2. The van der Waals surface area contributed by atoms with Crippen LogP contribution in [0.15, 0.2) is 64.6 Å². The number of anilines is 1. The Labute approximate surface area is 198 Å². The molecule has 2 aromatic carbocycles. The number of barbiturate groups is 1. The molecule has 1 aliphatic heterocycles. The summed E-state index contributed by atoms with van der Waals surface area (Å²) in [6.07, 6.45) is 1.22. The standard InChI is InChI=1S/C24H19N3O8/c1-3-34-16-7-4-14(5-8-16)26-23(29)19(22(28)25-24(26)30)13-17-9-11-20(35-17)18-10-6-15(27(31)32)12-21(18)33-2/h4-13H,3H2,1-2H3,(H,25,28,30). The molecule has 1 N–H and O–H groups in total. The molecule has 2 heterocycles. The van der Waals surface area contributed by atoms with E-state index in [9.17, 15) is 24.5 Å². The second kappa shape index (κ2) is 9.51. The van der Waals surface area contributed by atoms with E-state index in [1.54, 1.807) is 18.2 Å². The van der Waals surface area contributed by atoms with Crippen molar-refractivity contribution in [3.05, 3.63) is 76.0 Å². The van der Waals surface area contributed by atoms with Gasteiger partial charge in [-0.15, -0.1) is 0 Å². The molecule has 4 amide bonds. The maximum atomic E-state index is 13.1. The van der Waals surface area contributed by atoms with Crippen molar-refractivity contribution in [3.63, 3.8) is 0 Å². The lowest BCUT2D eigenvalue weighted by atomic mass is 10.1. The number of nitrogens with one attached hydrogen (secondary N) is 1. The van der Waals surface area contributed by atoms with E-state index in [2.05, 4.69) is 5.32 Å². The minimum absolute atomic E-state index is 0.150. The number of rotatable bonds is 7. The van der Waals surface area contributed by atoms with Gasteiger partial charge in [0.25, 0.3) is 17.5 Å². The molecule has 11 heteroatoms. The van der Waals surface area contributed by atoms with E-state index in [1.165, 1.54) is 49.6 Å². The number of carbonyl (C=O) groups is 3. The lowest BCUT2D eigenvalue weighted by Gasteiger charge is -2.26. The fourth-order valence-corrected chi connectivity index (χ4v) is 3.46. The maximum Gasteiger partial charge on any atom is 0.335 e. The lowest BCUT2D eigenvalue weighted by Crippen LogP contribution is -2.54. The van der Waals surface area contributed by atoms with Gasteiger partial charge in [0, 0.05) is 6.07 Å². The van der Waals surface area contributed by atoms with E-state index >= 15 is 0 Å². The van der Waals surface area contributed by atoms with E-state index < -0.39 is 22.8 Å². The summed E-state index contributed by atoms with van der Waals surface area (Å²) in [6, 6.07) is 12.5. The SMILES string of the molecule is CCOc1ccc(N2C(=O)NC(=O)C(=Cc3ccc(-c4ccc([N+](=O)[O-])cc4OC)o3)C2=O)cc1. The lowest BCUT2D eigenvalue weighted by molar-refractivity contribution is -0.384. The van der Waals surface area contributed by atoms with Crippen LogP contribution in [0.3, 0.4) is 0 Å². The molecule has 0 unspecified atom stereocenters. The number of nitro groups is 1. The Morgan fingerprint density at radius 1 is 1.09 bits per heavy atom. The van der Waals surface area contributed by atoms with Crippen molar-refractivity contribution in [2.45, 2.75) is 6.92 Å². The molecule has 11 nitrogen and oxygen atoms in total. The number of imide groups is 2. The van der Waals surface area contributed by atoms with E-state index in [0.717, 1.165) is 4.90 Å². The zero-order chi connectivity index (χ0) is 25.1. The van der Waals surface area contributed by atoms with Gasteiger partial charge in [-0.1, -0.05) is 0 Å². The van der Waals surface area contributed by atoms with Crippen LogP contribution in [0.25, 0.3) is 17.4 Å². The third kappa shape index (κ3) is 4.60. The Hall–Kier alpha value is -4.93. The Morgan fingerprint density at radius 2 is 1.83 bits per heavy atom. The van der Waals surface area contributed by atoms with Crippen LogP contribution in [-0.2, 0) is 9.59 Å². The Bertz CT molecular complexity index is 1360. The molecule has 3 aromatic rings. The minimum atomic E-state index is -0.878. The average Bonchev–Trinajstić information content (AvgIpc) is 3.31. The third-order valence-corrected chi connectivity index (χ3v) is 5.08. The number of benzene rings is 2. The van der Waals surface area contributed by atoms with Gasteiger partial charge >= 0.3 is 6.03 Å². The van der Waals surface area contributed by atoms with Crippen LogP contribution in [0.5, 0.6) is 11.5 Å². The number of methoxy groups -OCH3 is 1. The van der Waals surface area contributed by atoms with Gasteiger partial charge in [0.1, 0.15) is 28.6 Å². The smallest absolute Gasteiger partial charge is 0.335 e. The minimum Gasteiger partial charge on any atom is -0.496 e. The molecule has 1 saturated heterocycles. The quantitative estimate of drug-likeness (QED) is 0.234. The van der Waals surface area contributed by atoms with Crippen LogP contribution in [0.1, 0.15) is 12.7 Å². The predicted molar refractivity (Wildman–Crippen MR) is 124 cm³/mol. The van der Waals surface area contributed by atoms with Crippen LogP contribution in [0.4, 0.5) is 16.2 Å². The number of ether oxygens (including phenoxy) is 2. The number of furan rings is 1. The van der Waals surface area contributed by atoms with Gasteiger partial charge in [-0.3, -0.25) is 25.0 Å². The van der Waals surface area contributed by atoms with Gasteiger partial charge in [0.05, 0.1) is 36.0 Å². The number of amides is 4. The van der Waals surface area contributed by atoms with Crippen molar-refractivity contribution in [2.75, 3.05) is 18.6 Å². The first-order chi connectivity index (χ1) is 16.8. The molecule has 1 fully saturated rings. The molecule has 1 aromatic heterocycles. The van der Waals surface area contributed by atoms with E-state index in [4.69, 9.17) is 13.9 Å². The summed E-state index contributed by atoms with van der Waals surface area (Å²) in [5.74, 6) is -0.460. The molecule has 0 saturated carbocycles. The molecule has 0 bridgehead atoms. The maximum absolute atomic E-state index is 13.1. The number of nitrogens with zero attached hydrogens (tertiary/aromatic N) is 2. The fourth-order valence-electron chi connectivity index (χ4n) is 3.46. The summed E-state index contributed by atoms with van der Waals surface area (Å²) in [7, 11) is 1.37. The molecule has 0 atom stereocenters. The van der Waals surface area contributed by atoms with E-state index in [0.29, 0.717) is 23.7 Å². The van der Waals surface area contributed by atoms with Crippen LogP contribution < -0.4 is 19.7 Å². The third-order valence-electron chi connectivity index (χ3n) is 5.08. The summed E-state index contributed by atoms with van der Waals surface area (Å²) < 4.78 is 16.3. The molecule has 0 radical (unpaired) electrons. The van der Waals surface area contributed by atoms with Crippen molar-refractivity contribution in [3.8, 4) is 22.8 Å². The molecule has 178 valence electrons. The van der Waals surface area contributed by atoms with Crippen LogP contribution in [0.2, 0.25) is 0 Å². The first-order valence-electron chi connectivity index (χ1n) is 10.4. The highest BCUT2D eigenvalue weighted by Gasteiger charge is 2.37. The highest BCUT2D eigenvalue weighted by molar-refractivity contribution is 6.39. The highest BCUT2D eigenvalue weighted by atomic mass is 16.6. The first-order valence-corrected chi connectivity index (χ1v) is 10.4. The number of carbonyl (C=O) groups excluding carboxylic acids is 3. The first kappa shape index (κ1) is 23.2. The number of hydrogen-bond acceptors (Lipinski definition) is 8. The molecule has 1 aliphatic rings. The topological polar surface area (TPSA) is 141 Å². The van der Waals surface area contributed by atoms with E-state index in [-0.39, 0.29) is 28.5 Å². The second-order valence-electron chi connectivity index (χ2n) is 7.23. The number of non-ortho nitro benzene ring substituents is 1. The van der Waals surface area contributed by atoms with Crippen molar-refractivity contribution in [2.24, 2.45) is 0 Å². The number of nitro benzene ring substituents is 1. The number of hydrogen-bond donors (Lipinski definition) is 1. The largest absolute Gasteiger partial charge is 0.496 e.